The van der Waals surface area contributed by atoms with E-state index >= 15 is 0 Å². The number of anilines is 2. The Morgan fingerprint density at radius 1 is 1.11 bits per heavy atom. The van der Waals surface area contributed by atoms with Crippen LogP contribution in [0.15, 0.2) is 47.6 Å². The first-order valence-electron chi connectivity index (χ1n) is 7.49. The van der Waals surface area contributed by atoms with Crippen LogP contribution < -0.4 is 10.7 Å². The zero-order valence-corrected chi connectivity index (χ0v) is 14.4. The Bertz CT molecular complexity index is 1170. The van der Waals surface area contributed by atoms with E-state index in [-0.39, 0.29) is 11.6 Å². The highest BCUT2D eigenvalue weighted by Crippen LogP contribution is 2.28. The van der Waals surface area contributed by atoms with E-state index in [9.17, 15) is 4.79 Å². The molecule has 0 unspecified atom stereocenters. The van der Waals surface area contributed by atoms with Crippen LogP contribution in [-0.4, -0.2) is 16.6 Å². The third-order valence-corrected chi connectivity index (χ3v) is 4.30. The molecule has 0 saturated heterocycles. The third-order valence-electron chi connectivity index (χ3n) is 3.37. The van der Waals surface area contributed by atoms with Gasteiger partial charge in [-0.2, -0.15) is 20.9 Å². The normalized spacial score (nSPS) is 9.52. The summed E-state index contributed by atoms with van der Waals surface area (Å²) in [6, 6.07) is 16.9. The van der Waals surface area contributed by atoms with Gasteiger partial charge in [0.15, 0.2) is 5.13 Å². The average molecular weight is 371 g/mol. The fourth-order valence-electron chi connectivity index (χ4n) is 2.14. The Morgan fingerprint density at radius 3 is 2.67 bits per heavy atom. The number of hydrogen-bond acceptors (Lipinski definition) is 8. The van der Waals surface area contributed by atoms with Crippen molar-refractivity contribution < 1.29 is 4.79 Å². The summed E-state index contributed by atoms with van der Waals surface area (Å²) < 4.78 is 0.784. The monoisotopic (exact) mass is 371 g/mol. The van der Waals surface area contributed by atoms with Crippen LogP contribution in [0.2, 0.25) is 0 Å². The number of benzene rings is 2. The molecule has 27 heavy (non-hydrogen) atoms. The molecule has 0 atom stereocenters. The van der Waals surface area contributed by atoms with Crippen molar-refractivity contribution in [3.63, 3.8) is 0 Å². The van der Waals surface area contributed by atoms with Gasteiger partial charge in [-0.3, -0.25) is 15.5 Å². The molecule has 0 aliphatic carbocycles. The fourth-order valence-corrected chi connectivity index (χ4v) is 3.04. The van der Waals surface area contributed by atoms with Gasteiger partial charge in [0, 0.05) is 5.56 Å². The van der Waals surface area contributed by atoms with E-state index in [2.05, 4.69) is 20.8 Å². The first kappa shape index (κ1) is 17.6. The van der Waals surface area contributed by atoms with Crippen LogP contribution in [-0.2, 0) is 0 Å². The topological polar surface area (TPSA) is 138 Å². The van der Waals surface area contributed by atoms with Crippen LogP contribution in [0.5, 0.6) is 0 Å². The predicted octanol–water partition coefficient (Wildman–Crippen LogP) is 3.24. The van der Waals surface area contributed by atoms with Crippen LogP contribution in [0, 0.1) is 34.0 Å². The molecule has 3 aromatic rings. The minimum atomic E-state index is -0.359. The number of hydrazone groups is 1. The predicted molar refractivity (Wildman–Crippen MR) is 101 cm³/mol. The minimum absolute atomic E-state index is 0.285. The van der Waals surface area contributed by atoms with Crippen molar-refractivity contribution in [2.24, 2.45) is 5.10 Å². The van der Waals surface area contributed by atoms with E-state index in [1.165, 1.54) is 17.4 Å². The van der Waals surface area contributed by atoms with Crippen molar-refractivity contribution in [2.75, 3.05) is 10.7 Å². The maximum atomic E-state index is 12.3. The van der Waals surface area contributed by atoms with Crippen LogP contribution in [0.4, 0.5) is 10.8 Å². The second kappa shape index (κ2) is 7.75. The molecule has 2 N–H and O–H groups in total. The molecule has 1 amide bonds. The van der Waals surface area contributed by atoms with Crippen molar-refractivity contribution in [3.05, 3.63) is 53.6 Å². The molecule has 9 heteroatoms. The zero-order valence-electron chi connectivity index (χ0n) is 13.6. The Kier molecular flexibility index (Phi) is 5.04. The van der Waals surface area contributed by atoms with E-state index in [1.807, 2.05) is 6.07 Å². The van der Waals surface area contributed by atoms with Crippen molar-refractivity contribution in [1.29, 1.82) is 15.8 Å². The number of thiazole rings is 1. The number of fused-ring (bicyclic) bond motifs is 1. The molecule has 128 valence electrons. The number of nitrogens with one attached hydrogen (secondary N) is 2. The van der Waals surface area contributed by atoms with E-state index in [0.29, 0.717) is 27.5 Å². The molecule has 0 bridgehead atoms. The molecule has 0 spiro atoms. The number of carbonyl (C=O) groups is 1. The second-order valence-electron chi connectivity index (χ2n) is 5.14. The smallest absolute Gasteiger partial charge is 0.257 e. The Morgan fingerprint density at radius 2 is 1.93 bits per heavy atom. The fraction of sp³-hybridized carbons (Fsp3) is 0. The summed E-state index contributed by atoms with van der Waals surface area (Å²) in [7, 11) is 0. The van der Waals surface area contributed by atoms with E-state index in [1.54, 1.807) is 48.5 Å². The molecule has 0 fully saturated rings. The summed E-state index contributed by atoms with van der Waals surface area (Å²) in [5, 5.41) is 33.1. The van der Waals surface area contributed by atoms with Crippen LogP contribution in [0.3, 0.4) is 0 Å². The molecule has 1 heterocycles. The summed E-state index contributed by atoms with van der Waals surface area (Å²) in [5.74, 6) is -0.359. The first-order valence-corrected chi connectivity index (χ1v) is 8.30. The summed E-state index contributed by atoms with van der Waals surface area (Å²) >= 11 is 1.26. The van der Waals surface area contributed by atoms with Gasteiger partial charge in [0.1, 0.15) is 12.1 Å². The summed E-state index contributed by atoms with van der Waals surface area (Å²) in [6.07, 6.45) is 0. The average Bonchev–Trinajstić information content (AvgIpc) is 3.10. The summed E-state index contributed by atoms with van der Waals surface area (Å²) in [6.45, 7) is 0. The van der Waals surface area contributed by atoms with E-state index in [0.717, 1.165) is 4.70 Å². The van der Waals surface area contributed by atoms with Crippen LogP contribution >= 0.6 is 11.3 Å². The summed E-state index contributed by atoms with van der Waals surface area (Å²) in [5.41, 5.74) is 4.37. The number of nitrogens with zero attached hydrogens (tertiary/aromatic N) is 5. The Balaban J connectivity index is 1.80. The molecule has 3 rings (SSSR count). The van der Waals surface area contributed by atoms with Crippen LogP contribution in [0.25, 0.3) is 10.2 Å². The molecule has 0 saturated carbocycles. The molecular formula is C18H9N7OS. The highest BCUT2D eigenvalue weighted by molar-refractivity contribution is 7.22. The van der Waals surface area contributed by atoms with Gasteiger partial charge >= 0.3 is 0 Å². The van der Waals surface area contributed by atoms with Crippen LogP contribution in [0.1, 0.15) is 15.9 Å². The van der Waals surface area contributed by atoms with E-state index in [4.69, 9.17) is 15.8 Å². The lowest BCUT2D eigenvalue weighted by Gasteiger charge is -2.01. The standard InChI is InChI=1S/C18H9N7OS/c19-8-11-2-1-3-12(6-11)17(26)23-18-22-15-5-4-13(7-16(15)27-18)24-25-14(9-20)10-21/h1-7,24H,(H,22,23,26). The highest BCUT2D eigenvalue weighted by Gasteiger charge is 2.11. The molecule has 1 aromatic heterocycles. The van der Waals surface area contributed by atoms with Crippen molar-refractivity contribution in [3.8, 4) is 18.2 Å². The Labute approximate surface area is 157 Å². The maximum absolute atomic E-state index is 12.3. The first-order chi connectivity index (χ1) is 13.1. The Hall–Kier alpha value is -4.26. The number of nitriles is 3. The number of carbonyl (C=O) groups excluding carboxylic acids is 1. The largest absolute Gasteiger partial charge is 0.298 e. The SMILES string of the molecule is N#CC(C#N)=NNc1ccc2nc(NC(=O)c3cccc(C#N)c3)sc2c1. The highest BCUT2D eigenvalue weighted by atomic mass is 32.1. The van der Waals surface area contributed by atoms with Gasteiger partial charge in [0.25, 0.3) is 5.91 Å². The molecule has 8 nitrogen and oxygen atoms in total. The molecular weight excluding hydrogens is 362 g/mol. The second-order valence-corrected chi connectivity index (χ2v) is 6.17. The number of aromatic nitrogens is 1. The number of hydrogen-bond donors (Lipinski definition) is 2. The lowest BCUT2D eigenvalue weighted by molar-refractivity contribution is 0.102. The van der Waals surface area contributed by atoms with Gasteiger partial charge in [-0.25, -0.2) is 4.98 Å². The molecule has 0 aliphatic heterocycles. The lowest BCUT2D eigenvalue weighted by atomic mass is 10.1. The van der Waals surface area contributed by atoms with E-state index < -0.39 is 0 Å². The zero-order chi connectivity index (χ0) is 19.2. The summed E-state index contributed by atoms with van der Waals surface area (Å²) in [4.78, 5) is 16.7. The van der Waals surface area contributed by atoms with Crippen molar-refractivity contribution >= 4 is 44.0 Å². The van der Waals surface area contributed by atoms with Crippen molar-refractivity contribution in [1.82, 2.24) is 4.98 Å². The number of amides is 1. The number of rotatable bonds is 4. The van der Waals surface area contributed by atoms with Gasteiger partial charge in [0.05, 0.1) is 27.5 Å². The molecule has 0 radical (unpaired) electrons. The van der Waals surface area contributed by atoms with Gasteiger partial charge in [-0.15, -0.1) is 0 Å². The van der Waals surface area contributed by atoms with Crippen molar-refractivity contribution in [2.45, 2.75) is 0 Å². The molecule has 2 aromatic carbocycles. The van der Waals surface area contributed by atoms with Gasteiger partial charge in [-0.1, -0.05) is 17.4 Å². The quantitative estimate of drug-likeness (QED) is 0.533. The lowest BCUT2D eigenvalue weighted by Crippen LogP contribution is -2.11. The maximum Gasteiger partial charge on any atom is 0.257 e. The van der Waals surface area contributed by atoms with Gasteiger partial charge < -0.3 is 0 Å². The van der Waals surface area contributed by atoms with Gasteiger partial charge in [0.2, 0.25) is 5.71 Å². The minimum Gasteiger partial charge on any atom is -0.298 e. The molecule has 0 aliphatic rings. The third kappa shape index (κ3) is 4.05. The van der Waals surface area contributed by atoms with Gasteiger partial charge in [-0.05, 0) is 36.4 Å².